The molecule has 21 heavy (non-hydrogen) atoms. The number of carbonyl (C=O) groups is 1. The molecule has 116 valence electrons. The summed E-state index contributed by atoms with van der Waals surface area (Å²) in [5.74, 6) is -0.117. The number of rotatable bonds is 3. The average Bonchev–Trinajstić information content (AvgIpc) is 2.73. The summed E-state index contributed by atoms with van der Waals surface area (Å²) in [5, 5.41) is 6.38. The first-order chi connectivity index (χ1) is 9.60. The van der Waals surface area contributed by atoms with Gasteiger partial charge < -0.3 is 10.6 Å². The largest absolute Gasteiger partial charge is 0.326 e. The lowest BCUT2D eigenvalue weighted by Gasteiger charge is -2.28. The zero-order valence-corrected chi connectivity index (χ0v) is 13.1. The Kier molecular flexibility index (Phi) is 5.47. The summed E-state index contributed by atoms with van der Waals surface area (Å²) in [6, 6.07) is 5.50. The molecule has 3 rings (SSSR count). The van der Waals surface area contributed by atoms with Gasteiger partial charge in [-0.1, -0.05) is 11.6 Å². The molecule has 2 atom stereocenters. The molecule has 2 unspecified atom stereocenters. The van der Waals surface area contributed by atoms with Gasteiger partial charge in [-0.2, -0.15) is 0 Å². The van der Waals surface area contributed by atoms with Crippen molar-refractivity contribution in [3.05, 3.63) is 29.0 Å². The van der Waals surface area contributed by atoms with Crippen molar-refractivity contribution in [3.63, 3.8) is 0 Å². The topological polar surface area (TPSA) is 41.1 Å². The van der Waals surface area contributed by atoms with Gasteiger partial charge in [-0.15, -0.1) is 12.4 Å². The first-order valence-corrected chi connectivity index (χ1v) is 7.49. The lowest BCUT2D eigenvalue weighted by molar-refractivity contribution is -0.117. The number of amides is 1. The van der Waals surface area contributed by atoms with Crippen LogP contribution in [0.3, 0.4) is 0 Å². The zero-order valence-electron chi connectivity index (χ0n) is 11.6. The van der Waals surface area contributed by atoms with Crippen molar-refractivity contribution in [2.75, 3.05) is 5.32 Å². The van der Waals surface area contributed by atoms with Crippen molar-refractivity contribution in [1.82, 2.24) is 5.32 Å². The molecule has 0 saturated carbocycles. The van der Waals surface area contributed by atoms with Gasteiger partial charge in [0.2, 0.25) is 5.91 Å². The predicted octanol–water partition coefficient (Wildman–Crippen LogP) is 3.76. The SMILES string of the molecule is Cl.O=C(CC1CC2CCC(C1)N2)Nc1ccc(Cl)c(F)c1. The third kappa shape index (κ3) is 4.09. The predicted molar refractivity (Wildman–Crippen MR) is 84.6 cm³/mol. The van der Waals surface area contributed by atoms with Gasteiger partial charge in [-0.05, 0) is 49.8 Å². The molecular formula is C15H19Cl2FN2O. The quantitative estimate of drug-likeness (QED) is 0.884. The number of hydrogen-bond donors (Lipinski definition) is 2. The second-order valence-corrected chi connectivity index (χ2v) is 6.26. The fraction of sp³-hybridized carbons (Fsp3) is 0.533. The molecule has 0 radical (unpaired) electrons. The molecule has 1 amide bonds. The summed E-state index contributed by atoms with van der Waals surface area (Å²) in [7, 11) is 0. The van der Waals surface area contributed by atoms with Crippen LogP contribution in [0.15, 0.2) is 18.2 Å². The van der Waals surface area contributed by atoms with E-state index in [4.69, 9.17) is 11.6 Å². The maximum atomic E-state index is 13.3. The van der Waals surface area contributed by atoms with E-state index >= 15 is 0 Å². The zero-order chi connectivity index (χ0) is 14.1. The summed E-state index contributed by atoms with van der Waals surface area (Å²) in [6.45, 7) is 0. The van der Waals surface area contributed by atoms with E-state index in [9.17, 15) is 9.18 Å². The van der Waals surface area contributed by atoms with Gasteiger partial charge in [-0.3, -0.25) is 4.79 Å². The van der Waals surface area contributed by atoms with Crippen LogP contribution in [0, 0.1) is 11.7 Å². The van der Waals surface area contributed by atoms with Crippen molar-refractivity contribution in [1.29, 1.82) is 0 Å². The Morgan fingerprint density at radius 3 is 2.62 bits per heavy atom. The third-order valence-electron chi connectivity index (χ3n) is 4.25. The minimum absolute atomic E-state index is 0. The molecule has 0 aliphatic carbocycles. The second kappa shape index (κ2) is 6.95. The Balaban J connectivity index is 0.00000161. The van der Waals surface area contributed by atoms with Gasteiger partial charge in [0, 0.05) is 24.2 Å². The fourth-order valence-corrected chi connectivity index (χ4v) is 3.51. The Morgan fingerprint density at radius 1 is 1.33 bits per heavy atom. The van der Waals surface area contributed by atoms with Crippen molar-refractivity contribution < 1.29 is 9.18 Å². The average molecular weight is 333 g/mol. The van der Waals surface area contributed by atoms with E-state index < -0.39 is 5.82 Å². The maximum Gasteiger partial charge on any atom is 0.224 e. The number of carbonyl (C=O) groups excluding carboxylic acids is 1. The molecule has 2 N–H and O–H groups in total. The lowest BCUT2D eigenvalue weighted by atomic mass is 9.89. The van der Waals surface area contributed by atoms with E-state index in [2.05, 4.69) is 10.6 Å². The number of anilines is 1. The van der Waals surface area contributed by atoms with Crippen LogP contribution in [0.1, 0.15) is 32.1 Å². The standard InChI is InChI=1S/C15H18ClFN2O.ClH/c16-13-4-3-12(8-14(13)17)19-15(20)7-9-5-10-1-2-11(6-9)18-10;/h3-4,8-11,18H,1-2,5-7H2,(H,19,20);1H. The second-order valence-electron chi connectivity index (χ2n) is 5.86. The van der Waals surface area contributed by atoms with Crippen LogP contribution in [0.4, 0.5) is 10.1 Å². The number of hydrogen-bond acceptors (Lipinski definition) is 2. The van der Waals surface area contributed by atoms with Crippen LogP contribution in [0.2, 0.25) is 5.02 Å². The molecule has 2 aliphatic heterocycles. The number of nitrogens with one attached hydrogen (secondary N) is 2. The van der Waals surface area contributed by atoms with Gasteiger partial charge in [0.15, 0.2) is 0 Å². The molecular weight excluding hydrogens is 314 g/mol. The van der Waals surface area contributed by atoms with Crippen molar-refractivity contribution in [3.8, 4) is 0 Å². The summed E-state index contributed by atoms with van der Waals surface area (Å²) < 4.78 is 13.3. The number of fused-ring (bicyclic) bond motifs is 2. The highest BCUT2D eigenvalue weighted by Gasteiger charge is 2.34. The molecule has 2 saturated heterocycles. The van der Waals surface area contributed by atoms with Crippen molar-refractivity contribution in [2.24, 2.45) is 5.92 Å². The Bertz CT molecular complexity index is 514. The third-order valence-corrected chi connectivity index (χ3v) is 4.55. The molecule has 2 heterocycles. The molecule has 2 fully saturated rings. The van der Waals surface area contributed by atoms with Crippen LogP contribution in [0.5, 0.6) is 0 Å². The monoisotopic (exact) mass is 332 g/mol. The molecule has 0 spiro atoms. The van der Waals surface area contributed by atoms with Crippen LogP contribution in [0.25, 0.3) is 0 Å². The minimum atomic E-state index is -0.510. The summed E-state index contributed by atoms with van der Waals surface area (Å²) in [5.41, 5.74) is 0.466. The maximum absolute atomic E-state index is 13.3. The van der Waals surface area contributed by atoms with Crippen molar-refractivity contribution >= 4 is 35.6 Å². The Morgan fingerprint density at radius 2 is 2.00 bits per heavy atom. The van der Waals surface area contributed by atoms with E-state index in [1.54, 1.807) is 6.07 Å². The number of benzene rings is 1. The minimum Gasteiger partial charge on any atom is -0.326 e. The van der Waals surface area contributed by atoms with Gasteiger partial charge in [0.05, 0.1) is 5.02 Å². The molecule has 1 aromatic rings. The summed E-state index contributed by atoms with van der Waals surface area (Å²) >= 11 is 5.62. The van der Waals surface area contributed by atoms with Crippen LogP contribution >= 0.6 is 24.0 Å². The van der Waals surface area contributed by atoms with Gasteiger partial charge in [0.25, 0.3) is 0 Å². The van der Waals surface area contributed by atoms with E-state index in [1.165, 1.54) is 25.0 Å². The highest BCUT2D eigenvalue weighted by molar-refractivity contribution is 6.30. The normalized spacial score (nSPS) is 27.0. The molecule has 6 heteroatoms. The first-order valence-electron chi connectivity index (χ1n) is 7.11. The van der Waals surface area contributed by atoms with E-state index in [-0.39, 0.29) is 23.3 Å². The fourth-order valence-electron chi connectivity index (χ4n) is 3.39. The van der Waals surface area contributed by atoms with Crippen molar-refractivity contribution in [2.45, 2.75) is 44.2 Å². The molecule has 0 aromatic heterocycles. The number of halogens is 3. The highest BCUT2D eigenvalue weighted by atomic mass is 35.5. The van der Waals surface area contributed by atoms with Crippen LogP contribution in [-0.4, -0.2) is 18.0 Å². The van der Waals surface area contributed by atoms with E-state index in [0.29, 0.717) is 30.1 Å². The molecule has 2 aliphatic rings. The first kappa shape index (κ1) is 16.5. The van der Waals surface area contributed by atoms with Crippen LogP contribution in [-0.2, 0) is 4.79 Å². The molecule has 3 nitrogen and oxygen atoms in total. The Labute approximate surface area is 135 Å². The van der Waals surface area contributed by atoms with E-state index in [0.717, 1.165) is 12.8 Å². The molecule has 2 bridgehead atoms. The van der Waals surface area contributed by atoms with Crippen LogP contribution < -0.4 is 10.6 Å². The van der Waals surface area contributed by atoms with Gasteiger partial charge >= 0.3 is 0 Å². The van der Waals surface area contributed by atoms with E-state index in [1.807, 2.05) is 0 Å². The summed E-state index contributed by atoms with van der Waals surface area (Å²) in [6.07, 6.45) is 5.10. The number of piperidine rings is 1. The van der Waals surface area contributed by atoms with Gasteiger partial charge in [-0.25, -0.2) is 4.39 Å². The Hall–Kier alpha value is -0.840. The molecule has 1 aromatic carbocycles. The van der Waals surface area contributed by atoms with Gasteiger partial charge in [0.1, 0.15) is 5.82 Å². The lowest BCUT2D eigenvalue weighted by Crippen LogP contribution is -2.39. The smallest absolute Gasteiger partial charge is 0.224 e. The highest BCUT2D eigenvalue weighted by Crippen LogP contribution is 2.32. The summed E-state index contributed by atoms with van der Waals surface area (Å²) in [4.78, 5) is 12.0.